The molecule has 2 aromatic heterocycles. The minimum absolute atomic E-state index is 0.103. The van der Waals surface area contributed by atoms with Gasteiger partial charge in [0.2, 0.25) is 5.89 Å². The molecule has 0 saturated carbocycles. The third-order valence-corrected chi connectivity index (χ3v) is 6.26. The summed E-state index contributed by atoms with van der Waals surface area (Å²) in [6, 6.07) is 19.5. The lowest BCUT2D eigenvalue weighted by Crippen LogP contribution is -2.44. The Hall–Kier alpha value is -4.01. The number of rotatable bonds is 11. The molecule has 0 aliphatic carbocycles. The first-order chi connectivity index (χ1) is 17.7. The van der Waals surface area contributed by atoms with E-state index in [4.69, 9.17) is 9.15 Å². The SMILES string of the molecule is Cc1oc(-c2ccccc2)nc1CCOc1ccc(CC(CCC(F)(F)F)(C(=O)O)n2cccc2)cc1. The lowest BCUT2D eigenvalue weighted by atomic mass is 9.85. The molecule has 0 amide bonds. The molecule has 0 radical (unpaired) electrons. The molecule has 1 unspecified atom stereocenters. The summed E-state index contributed by atoms with van der Waals surface area (Å²) in [5.41, 5.74) is 0.506. The van der Waals surface area contributed by atoms with Crippen LogP contribution in [0.1, 0.15) is 29.9 Å². The minimum atomic E-state index is -4.46. The number of benzene rings is 2. The van der Waals surface area contributed by atoms with E-state index in [2.05, 4.69) is 4.98 Å². The maximum atomic E-state index is 13.0. The Morgan fingerprint density at radius 3 is 2.30 bits per heavy atom. The third kappa shape index (κ3) is 6.41. The van der Waals surface area contributed by atoms with Gasteiger partial charge in [-0.3, -0.25) is 0 Å². The van der Waals surface area contributed by atoms with Gasteiger partial charge in [-0.05, 0) is 55.3 Å². The van der Waals surface area contributed by atoms with Crippen LogP contribution in [0.4, 0.5) is 13.2 Å². The van der Waals surface area contributed by atoms with E-state index in [9.17, 15) is 23.1 Å². The Labute approximate surface area is 212 Å². The van der Waals surface area contributed by atoms with Crippen molar-refractivity contribution in [1.29, 1.82) is 0 Å². The van der Waals surface area contributed by atoms with E-state index in [1.807, 2.05) is 37.3 Å². The van der Waals surface area contributed by atoms with Crippen molar-refractivity contribution >= 4 is 5.97 Å². The molecule has 2 aromatic carbocycles. The van der Waals surface area contributed by atoms with E-state index in [1.165, 1.54) is 17.0 Å². The maximum absolute atomic E-state index is 13.0. The molecule has 0 saturated heterocycles. The van der Waals surface area contributed by atoms with Crippen molar-refractivity contribution in [3.63, 3.8) is 0 Å². The van der Waals surface area contributed by atoms with Crippen LogP contribution in [0, 0.1) is 6.92 Å². The molecule has 1 N–H and O–H groups in total. The highest BCUT2D eigenvalue weighted by Gasteiger charge is 2.43. The summed E-state index contributed by atoms with van der Waals surface area (Å²) in [6.45, 7) is 2.19. The van der Waals surface area contributed by atoms with Gasteiger partial charge in [0.25, 0.3) is 0 Å². The van der Waals surface area contributed by atoms with Crippen LogP contribution in [0.2, 0.25) is 0 Å². The number of aliphatic carboxylic acids is 1. The van der Waals surface area contributed by atoms with Gasteiger partial charge in [0.15, 0.2) is 0 Å². The van der Waals surface area contributed by atoms with Crippen LogP contribution < -0.4 is 4.74 Å². The van der Waals surface area contributed by atoms with Gasteiger partial charge in [-0.15, -0.1) is 0 Å². The number of oxazole rings is 1. The number of nitrogens with zero attached hydrogens (tertiary/aromatic N) is 2. The van der Waals surface area contributed by atoms with Gasteiger partial charge in [0.05, 0.1) is 12.3 Å². The molecule has 194 valence electrons. The highest BCUT2D eigenvalue weighted by atomic mass is 19.4. The van der Waals surface area contributed by atoms with E-state index < -0.39 is 30.5 Å². The second kappa shape index (κ2) is 10.9. The van der Waals surface area contributed by atoms with E-state index in [1.54, 1.807) is 36.4 Å². The van der Waals surface area contributed by atoms with Gasteiger partial charge in [0.1, 0.15) is 17.0 Å². The second-order valence-corrected chi connectivity index (χ2v) is 8.85. The van der Waals surface area contributed by atoms with E-state index in [0.717, 1.165) is 11.3 Å². The van der Waals surface area contributed by atoms with Crippen LogP contribution in [-0.4, -0.2) is 33.4 Å². The molecular weight excluding hydrogens is 485 g/mol. The smallest absolute Gasteiger partial charge is 0.389 e. The van der Waals surface area contributed by atoms with Crippen molar-refractivity contribution in [2.75, 3.05) is 6.61 Å². The zero-order valence-corrected chi connectivity index (χ0v) is 20.2. The molecule has 0 aliphatic heterocycles. The van der Waals surface area contributed by atoms with Crippen molar-refractivity contribution < 1.29 is 32.2 Å². The molecule has 0 spiro atoms. The fourth-order valence-electron chi connectivity index (χ4n) is 4.24. The average Bonchev–Trinajstić information content (AvgIpc) is 3.53. The highest BCUT2D eigenvalue weighted by Crippen LogP contribution is 2.34. The number of carbonyl (C=O) groups is 1. The Kier molecular flexibility index (Phi) is 7.71. The highest BCUT2D eigenvalue weighted by molar-refractivity contribution is 5.77. The van der Waals surface area contributed by atoms with Crippen molar-refractivity contribution in [1.82, 2.24) is 9.55 Å². The van der Waals surface area contributed by atoms with Gasteiger partial charge in [-0.1, -0.05) is 30.3 Å². The van der Waals surface area contributed by atoms with Gasteiger partial charge in [-0.25, -0.2) is 9.78 Å². The summed E-state index contributed by atoms with van der Waals surface area (Å²) in [6.07, 6.45) is -2.86. The lowest BCUT2D eigenvalue weighted by molar-refractivity contribution is -0.156. The number of hydrogen-bond donors (Lipinski definition) is 1. The van der Waals surface area contributed by atoms with E-state index in [0.29, 0.717) is 36.0 Å². The topological polar surface area (TPSA) is 77.5 Å². The summed E-state index contributed by atoms with van der Waals surface area (Å²) >= 11 is 0. The van der Waals surface area contributed by atoms with Crippen LogP contribution in [-0.2, 0) is 23.2 Å². The summed E-state index contributed by atoms with van der Waals surface area (Å²) in [5, 5.41) is 10.0. The first-order valence-electron chi connectivity index (χ1n) is 11.8. The zero-order chi connectivity index (χ0) is 26.5. The van der Waals surface area contributed by atoms with Crippen LogP contribution in [0.3, 0.4) is 0 Å². The summed E-state index contributed by atoms with van der Waals surface area (Å²) in [7, 11) is 0. The standard InChI is InChI=1S/C28H27F3N2O4/c1-20-24(32-25(37-20)22-7-3-2-4-8-22)13-18-36-23-11-9-21(10-12-23)19-27(26(34)35,14-15-28(29,30)31)33-16-5-6-17-33/h2-12,16-17H,13-15,18-19H2,1H3,(H,34,35). The largest absolute Gasteiger partial charge is 0.493 e. The zero-order valence-electron chi connectivity index (χ0n) is 20.2. The first kappa shape index (κ1) is 26.1. The number of halogens is 3. The molecule has 4 rings (SSSR count). The Balaban J connectivity index is 1.41. The van der Waals surface area contributed by atoms with Gasteiger partial charge in [-0.2, -0.15) is 13.2 Å². The van der Waals surface area contributed by atoms with Crippen molar-refractivity contribution in [3.05, 3.63) is 96.1 Å². The quantitative estimate of drug-likeness (QED) is 0.250. The fraction of sp³-hybridized carbons (Fsp3) is 0.286. The van der Waals surface area contributed by atoms with E-state index in [-0.39, 0.29) is 6.42 Å². The van der Waals surface area contributed by atoms with Gasteiger partial charge >= 0.3 is 12.1 Å². The van der Waals surface area contributed by atoms with Gasteiger partial charge in [0, 0.05) is 37.2 Å². The lowest BCUT2D eigenvalue weighted by Gasteiger charge is -2.32. The number of alkyl halides is 3. The predicted octanol–water partition coefficient (Wildman–Crippen LogP) is 6.44. The summed E-state index contributed by atoms with van der Waals surface area (Å²) in [4.78, 5) is 16.8. The Morgan fingerprint density at radius 1 is 1.00 bits per heavy atom. The Morgan fingerprint density at radius 2 is 1.68 bits per heavy atom. The molecule has 1 atom stereocenters. The fourth-order valence-corrected chi connectivity index (χ4v) is 4.24. The maximum Gasteiger partial charge on any atom is 0.389 e. The monoisotopic (exact) mass is 512 g/mol. The number of aromatic nitrogens is 2. The Bertz CT molecular complexity index is 1300. The second-order valence-electron chi connectivity index (χ2n) is 8.85. The molecule has 0 bridgehead atoms. The van der Waals surface area contributed by atoms with Gasteiger partial charge < -0.3 is 18.8 Å². The minimum Gasteiger partial charge on any atom is -0.493 e. The van der Waals surface area contributed by atoms with Crippen LogP contribution in [0.5, 0.6) is 5.75 Å². The normalized spacial score (nSPS) is 13.3. The number of carboxylic acids is 1. The van der Waals surface area contributed by atoms with E-state index >= 15 is 0 Å². The molecule has 37 heavy (non-hydrogen) atoms. The number of aryl methyl sites for hydroxylation is 1. The van der Waals surface area contributed by atoms with Crippen LogP contribution in [0.15, 0.2) is 83.5 Å². The van der Waals surface area contributed by atoms with Crippen molar-refractivity contribution in [3.8, 4) is 17.2 Å². The molecule has 0 aliphatic rings. The molecule has 6 nitrogen and oxygen atoms in total. The van der Waals surface area contributed by atoms with Crippen LogP contribution in [0.25, 0.3) is 11.5 Å². The summed E-state index contributed by atoms with van der Waals surface area (Å²) in [5.74, 6) is 0.510. The molecule has 9 heteroatoms. The number of carboxylic acid groups (broad SMARTS) is 1. The number of hydrogen-bond acceptors (Lipinski definition) is 4. The molecular formula is C28H27F3N2O4. The average molecular weight is 513 g/mol. The van der Waals surface area contributed by atoms with Crippen molar-refractivity contribution in [2.45, 2.75) is 44.3 Å². The van der Waals surface area contributed by atoms with Crippen LogP contribution >= 0.6 is 0 Å². The van der Waals surface area contributed by atoms with Crippen molar-refractivity contribution in [2.24, 2.45) is 0 Å². The summed E-state index contributed by atoms with van der Waals surface area (Å²) < 4.78 is 52.0. The molecule has 0 fully saturated rings. The third-order valence-electron chi connectivity index (χ3n) is 6.26. The molecule has 4 aromatic rings. The first-order valence-corrected chi connectivity index (χ1v) is 11.8. The number of ether oxygens (including phenoxy) is 1. The predicted molar refractivity (Wildman–Crippen MR) is 131 cm³/mol. The molecule has 2 heterocycles.